The lowest BCUT2D eigenvalue weighted by molar-refractivity contribution is -0.115. The number of benzene rings is 2. The van der Waals surface area contributed by atoms with Crippen molar-refractivity contribution in [2.45, 2.75) is 6.42 Å². The molecule has 0 bridgehead atoms. The molecule has 0 atom stereocenters. The molecule has 0 radical (unpaired) electrons. The van der Waals surface area contributed by atoms with Crippen LogP contribution in [0.5, 0.6) is 0 Å². The largest absolute Gasteiger partial charge is 0.362 e. The molecule has 2 aromatic rings. The summed E-state index contributed by atoms with van der Waals surface area (Å²) in [5.74, 6) is -0.748. The van der Waals surface area contributed by atoms with Gasteiger partial charge in [0.15, 0.2) is 0 Å². The van der Waals surface area contributed by atoms with E-state index in [0.717, 1.165) is 18.7 Å². The Hall–Kier alpha value is -2.07. The van der Waals surface area contributed by atoms with E-state index in [-0.39, 0.29) is 18.1 Å². The molecule has 0 spiro atoms. The molecule has 0 fully saturated rings. The van der Waals surface area contributed by atoms with Gasteiger partial charge in [-0.05, 0) is 36.2 Å². The van der Waals surface area contributed by atoms with Crippen LogP contribution in [0.2, 0.25) is 5.02 Å². The molecule has 0 aromatic heterocycles. The molecular weight excluding hydrogens is 291 g/mol. The van der Waals surface area contributed by atoms with Crippen molar-refractivity contribution >= 4 is 28.9 Å². The van der Waals surface area contributed by atoms with E-state index in [1.807, 2.05) is 23.1 Å². The highest BCUT2D eigenvalue weighted by Gasteiger charge is 2.20. The SMILES string of the molecule is O=C(CN1CCc2ccccc21)Nc1cc(Cl)ccc1F. The maximum Gasteiger partial charge on any atom is 0.243 e. The van der Waals surface area contributed by atoms with Crippen LogP contribution in [0.25, 0.3) is 0 Å². The average Bonchev–Trinajstić information content (AvgIpc) is 2.86. The van der Waals surface area contributed by atoms with Crippen LogP contribution in [0.15, 0.2) is 42.5 Å². The second-order valence-corrected chi connectivity index (χ2v) is 5.41. The van der Waals surface area contributed by atoms with Crippen molar-refractivity contribution in [1.29, 1.82) is 0 Å². The first-order chi connectivity index (χ1) is 10.1. The lowest BCUT2D eigenvalue weighted by atomic mass is 10.2. The smallest absolute Gasteiger partial charge is 0.243 e. The van der Waals surface area contributed by atoms with Crippen molar-refractivity contribution < 1.29 is 9.18 Å². The zero-order valence-electron chi connectivity index (χ0n) is 11.3. The summed E-state index contributed by atoms with van der Waals surface area (Å²) in [7, 11) is 0. The van der Waals surface area contributed by atoms with Gasteiger partial charge in [0.1, 0.15) is 5.82 Å². The molecule has 3 rings (SSSR count). The second-order valence-electron chi connectivity index (χ2n) is 4.97. The third kappa shape index (κ3) is 3.00. The number of carbonyl (C=O) groups is 1. The minimum Gasteiger partial charge on any atom is -0.362 e. The topological polar surface area (TPSA) is 32.3 Å². The van der Waals surface area contributed by atoms with E-state index in [9.17, 15) is 9.18 Å². The molecule has 0 saturated carbocycles. The second kappa shape index (κ2) is 5.74. The van der Waals surface area contributed by atoms with Gasteiger partial charge in [-0.3, -0.25) is 4.79 Å². The van der Waals surface area contributed by atoms with Crippen LogP contribution >= 0.6 is 11.6 Å². The van der Waals surface area contributed by atoms with E-state index in [2.05, 4.69) is 11.4 Å². The number of rotatable bonds is 3. The summed E-state index contributed by atoms with van der Waals surface area (Å²) >= 11 is 5.81. The summed E-state index contributed by atoms with van der Waals surface area (Å²) in [5.41, 5.74) is 2.42. The molecule has 0 aliphatic carbocycles. The fourth-order valence-electron chi connectivity index (χ4n) is 2.53. The summed E-state index contributed by atoms with van der Waals surface area (Å²) in [6.07, 6.45) is 0.926. The molecule has 1 aliphatic heterocycles. The minimum atomic E-state index is -0.491. The maximum absolute atomic E-state index is 13.6. The van der Waals surface area contributed by atoms with Crippen LogP contribution in [0, 0.1) is 5.82 Å². The predicted molar refractivity (Wildman–Crippen MR) is 82.4 cm³/mol. The highest BCUT2D eigenvalue weighted by molar-refractivity contribution is 6.30. The number of carbonyl (C=O) groups excluding carboxylic acids is 1. The van der Waals surface area contributed by atoms with Crippen LogP contribution in [0.1, 0.15) is 5.56 Å². The van der Waals surface area contributed by atoms with Gasteiger partial charge in [-0.25, -0.2) is 4.39 Å². The Morgan fingerprint density at radius 2 is 2.10 bits per heavy atom. The average molecular weight is 305 g/mol. The van der Waals surface area contributed by atoms with Gasteiger partial charge in [0.05, 0.1) is 12.2 Å². The lowest BCUT2D eigenvalue weighted by Crippen LogP contribution is -2.32. The van der Waals surface area contributed by atoms with Crippen molar-refractivity contribution in [3.05, 3.63) is 58.9 Å². The molecule has 1 aliphatic rings. The van der Waals surface area contributed by atoms with Crippen LogP contribution < -0.4 is 10.2 Å². The predicted octanol–water partition coefficient (Wildman–Crippen LogP) is 3.48. The number of hydrogen-bond acceptors (Lipinski definition) is 2. The molecule has 1 heterocycles. The van der Waals surface area contributed by atoms with Crippen LogP contribution in [-0.4, -0.2) is 19.0 Å². The summed E-state index contributed by atoms with van der Waals surface area (Å²) in [5, 5.41) is 2.96. The van der Waals surface area contributed by atoms with Gasteiger partial charge in [-0.1, -0.05) is 29.8 Å². The Kier molecular flexibility index (Phi) is 3.80. The highest BCUT2D eigenvalue weighted by Crippen LogP contribution is 2.27. The van der Waals surface area contributed by atoms with Crippen molar-refractivity contribution in [2.75, 3.05) is 23.3 Å². The van der Waals surface area contributed by atoms with Crippen molar-refractivity contribution in [2.24, 2.45) is 0 Å². The van der Waals surface area contributed by atoms with E-state index in [1.54, 1.807) is 0 Å². The summed E-state index contributed by atoms with van der Waals surface area (Å²) < 4.78 is 13.6. The third-order valence-electron chi connectivity index (χ3n) is 3.52. The number of anilines is 2. The van der Waals surface area contributed by atoms with E-state index in [1.165, 1.54) is 23.8 Å². The van der Waals surface area contributed by atoms with Gasteiger partial charge in [-0.2, -0.15) is 0 Å². The normalized spacial score (nSPS) is 13.1. The van der Waals surface area contributed by atoms with Gasteiger partial charge < -0.3 is 10.2 Å². The fraction of sp³-hybridized carbons (Fsp3) is 0.188. The molecular formula is C16H14ClFN2O. The highest BCUT2D eigenvalue weighted by atomic mass is 35.5. The number of para-hydroxylation sites is 1. The summed E-state index contributed by atoms with van der Waals surface area (Å²) in [6, 6.07) is 12.1. The Bertz CT molecular complexity index is 690. The molecule has 1 N–H and O–H groups in total. The Labute approximate surface area is 127 Å². The molecule has 5 heteroatoms. The van der Waals surface area contributed by atoms with Crippen LogP contribution in [-0.2, 0) is 11.2 Å². The fourth-order valence-corrected chi connectivity index (χ4v) is 2.70. The van der Waals surface area contributed by atoms with Gasteiger partial charge in [-0.15, -0.1) is 0 Å². The Morgan fingerprint density at radius 3 is 2.95 bits per heavy atom. The number of amides is 1. The number of fused-ring (bicyclic) bond motifs is 1. The first kappa shape index (κ1) is 13.9. The van der Waals surface area contributed by atoms with Crippen LogP contribution in [0.4, 0.5) is 15.8 Å². The van der Waals surface area contributed by atoms with Crippen molar-refractivity contribution in [1.82, 2.24) is 0 Å². The standard InChI is InChI=1S/C16H14ClFN2O/c17-12-5-6-13(18)14(9-12)19-16(21)10-20-8-7-11-3-1-2-4-15(11)20/h1-6,9H,7-8,10H2,(H,19,21). The minimum absolute atomic E-state index is 0.111. The molecule has 3 nitrogen and oxygen atoms in total. The molecule has 1 amide bonds. The number of nitrogens with zero attached hydrogens (tertiary/aromatic N) is 1. The van der Waals surface area contributed by atoms with Gasteiger partial charge in [0.2, 0.25) is 5.91 Å². The first-order valence-electron chi connectivity index (χ1n) is 6.71. The van der Waals surface area contributed by atoms with E-state index >= 15 is 0 Å². The molecule has 0 saturated heterocycles. The molecule has 2 aromatic carbocycles. The van der Waals surface area contributed by atoms with Gasteiger partial charge >= 0.3 is 0 Å². The van der Waals surface area contributed by atoms with E-state index < -0.39 is 5.82 Å². The van der Waals surface area contributed by atoms with E-state index in [0.29, 0.717) is 5.02 Å². The Balaban J connectivity index is 1.69. The Morgan fingerprint density at radius 1 is 1.29 bits per heavy atom. The number of halogens is 2. The van der Waals surface area contributed by atoms with Crippen molar-refractivity contribution in [3.8, 4) is 0 Å². The first-order valence-corrected chi connectivity index (χ1v) is 7.09. The zero-order valence-corrected chi connectivity index (χ0v) is 12.0. The summed E-state index contributed by atoms with van der Waals surface area (Å²) in [4.78, 5) is 14.1. The van der Waals surface area contributed by atoms with Gasteiger partial charge in [0, 0.05) is 17.3 Å². The van der Waals surface area contributed by atoms with Gasteiger partial charge in [0.25, 0.3) is 0 Å². The molecule has 108 valence electrons. The third-order valence-corrected chi connectivity index (χ3v) is 3.76. The van der Waals surface area contributed by atoms with E-state index in [4.69, 9.17) is 11.6 Å². The molecule has 0 unspecified atom stereocenters. The van der Waals surface area contributed by atoms with Crippen LogP contribution in [0.3, 0.4) is 0 Å². The zero-order chi connectivity index (χ0) is 14.8. The monoisotopic (exact) mass is 304 g/mol. The maximum atomic E-state index is 13.6. The number of nitrogens with one attached hydrogen (secondary N) is 1. The molecule has 21 heavy (non-hydrogen) atoms. The summed E-state index contributed by atoms with van der Waals surface area (Å²) in [6.45, 7) is 0.994. The lowest BCUT2D eigenvalue weighted by Gasteiger charge is -2.18. The number of hydrogen-bond donors (Lipinski definition) is 1. The quantitative estimate of drug-likeness (QED) is 0.941. The van der Waals surface area contributed by atoms with Crippen molar-refractivity contribution in [3.63, 3.8) is 0 Å².